The zero-order chi connectivity index (χ0) is 18.4. The van der Waals surface area contributed by atoms with Crippen LogP contribution in [0.15, 0.2) is 24.0 Å². The molecule has 0 amide bonds. The summed E-state index contributed by atoms with van der Waals surface area (Å²) in [6.07, 6.45) is 6.99. The summed E-state index contributed by atoms with van der Waals surface area (Å²) in [6.45, 7) is 15.5. The maximum atomic E-state index is 10.9. The summed E-state index contributed by atoms with van der Waals surface area (Å²) < 4.78 is 5.27. The van der Waals surface area contributed by atoms with Gasteiger partial charge in [-0.1, -0.05) is 33.3 Å². The highest BCUT2D eigenvalue weighted by Gasteiger charge is 2.25. The third-order valence-electron chi connectivity index (χ3n) is 4.18. The minimum atomic E-state index is -0.156. The Morgan fingerprint density at radius 3 is 2.33 bits per heavy atom. The zero-order valence-electron chi connectivity index (χ0n) is 16.1. The van der Waals surface area contributed by atoms with Gasteiger partial charge in [0.15, 0.2) is 0 Å². The largest absolute Gasteiger partial charge is 0.462 e. The van der Waals surface area contributed by atoms with Crippen LogP contribution >= 0.6 is 0 Å². The summed E-state index contributed by atoms with van der Waals surface area (Å²) in [5.74, 6) is -0.156. The van der Waals surface area contributed by atoms with Gasteiger partial charge < -0.3 is 20.7 Å². The molecule has 0 radical (unpaired) electrons. The Morgan fingerprint density at radius 2 is 1.88 bits per heavy atom. The molecule has 5 nitrogen and oxygen atoms in total. The van der Waals surface area contributed by atoms with Gasteiger partial charge in [-0.2, -0.15) is 0 Å². The molecule has 2 aliphatic rings. The Kier molecular flexibility index (Phi) is 13.0. The molecule has 1 unspecified atom stereocenters. The average Bonchev–Trinajstić information content (AvgIpc) is 3.03. The van der Waals surface area contributed by atoms with E-state index in [0.717, 1.165) is 45.4 Å². The van der Waals surface area contributed by atoms with E-state index in [1.807, 2.05) is 0 Å². The minimum absolute atomic E-state index is 0.111. The second kappa shape index (κ2) is 13.9. The van der Waals surface area contributed by atoms with Gasteiger partial charge in [-0.05, 0) is 31.5 Å². The molecule has 1 saturated heterocycles. The van der Waals surface area contributed by atoms with Crippen molar-refractivity contribution >= 4 is 5.97 Å². The number of carbonyl (C=O) groups excluding carboxylic acids is 1. The SMILES string of the molecule is C=CN.CC(=O)OC1CC/C(=C(/C)N2CCNCC2)C1.CCCC. The van der Waals surface area contributed by atoms with Crippen molar-refractivity contribution in [2.75, 3.05) is 26.2 Å². The maximum absolute atomic E-state index is 10.9. The van der Waals surface area contributed by atoms with Crippen LogP contribution in [-0.4, -0.2) is 43.2 Å². The lowest BCUT2D eigenvalue weighted by atomic mass is 10.1. The Morgan fingerprint density at radius 1 is 1.33 bits per heavy atom. The molecule has 3 N–H and O–H groups in total. The van der Waals surface area contributed by atoms with Crippen molar-refractivity contribution in [3.05, 3.63) is 24.0 Å². The second-order valence-electron chi connectivity index (χ2n) is 6.14. The van der Waals surface area contributed by atoms with Crippen LogP contribution in [0.25, 0.3) is 0 Å². The van der Waals surface area contributed by atoms with Crippen molar-refractivity contribution in [1.82, 2.24) is 10.2 Å². The van der Waals surface area contributed by atoms with Gasteiger partial charge in [0.1, 0.15) is 6.10 Å². The molecule has 140 valence electrons. The monoisotopic (exact) mass is 339 g/mol. The maximum Gasteiger partial charge on any atom is 0.302 e. The Balaban J connectivity index is 0.000000648. The van der Waals surface area contributed by atoms with Crippen LogP contribution in [0.3, 0.4) is 0 Å². The average molecular weight is 340 g/mol. The predicted octanol–water partition coefficient (Wildman–Crippen LogP) is 3.18. The lowest BCUT2D eigenvalue weighted by molar-refractivity contribution is -0.145. The summed E-state index contributed by atoms with van der Waals surface area (Å²) >= 11 is 0. The number of rotatable bonds is 3. The molecule has 2 rings (SSSR count). The van der Waals surface area contributed by atoms with Crippen LogP contribution in [0, 0.1) is 0 Å². The molecule has 24 heavy (non-hydrogen) atoms. The lowest BCUT2D eigenvalue weighted by Crippen LogP contribution is -2.42. The van der Waals surface area contributed by atoms with E-state index in [9.17, 15) is 4.79 Å². The van der Waals surface area contributed by atoms with E-state index in [1.165, 1.54) is 37.2 Å². The van der Waals surface area contributed by atoms with E-state index in [2.05, 4.69) is 43.3 Å². The first-order valence-corrected chi connectivity index (χ1v) is 9.14. The van der Waals surface area contributed by atoms with Crippen LogP contribution in [-0.2, 0) is 9.53 Å². The number of esters is 1. The number of allylic oxidation sites excluding steroid dienone is 1. The van der Waals surface area contributed by atoms with Gasteiger partial charge in [0.25, 0.3) is 0 Å². The molecular weight excluding hydrogens is 302 g/mol. The molecule has 0 spiro atoms. The fourth-order valence-electron chi connectivity index (χ4n) is 2.70. The van der Waals surface area contributed by atoms with Crippen LogP contribution in [0.5, 0.6) is 0 Å². The molecule has 0 aromatic carbocycles. The van der Waals surface area contributed by atoms with Crippen molar-refractivity contribution in [2.45, 2.75) is 65.9 Å². The highest BCUT2D eigenvalue weighted by atomic mass is 16.5. The number of hydrogen-bond donors (Lipinski definition) is 2. The second-order valence-corrected chi connectivity index (χ2v) is 6.14. The third-order valence-corrected chi connectivity index (χ3v) is 4.18. The molecule has 1 aliphatic carbocycles. The number of piperazine rings is 1. The standard InChI is InChI=1S/C13H22N2O2.C4H10.C2H5N/c1-10(15-7-5-14-6-8-15)12-3-4-13(9-12)17-11(2)16;1-3-4-2;1-2-3/h13-14H,3-9H2,1-2H3;3-4H2,1-2H3;2H,1,3H2/b12-10+;;. The molecule has 0 aromatic rings. The third kappa shape index (κ3) is 9.60. The van der Waals surface area contributed by atoms with E-state index in [-0.39, 0.29) is 12.1 Å². The van der Waals surface area contributed by atoms with Crippen LogP contribution in [0.2, 0.25) is 0 Å². The summed E-state index contributed by atoms with van der Waals surface area (Å²) in [6, 6.07) is 0. The first kappa shape index (κ1) is 22.5. The molecule has 1 saturated carbocycles. The lowest BCUT2D eigenvalue weighted by Gasteiger charge is -2.31. The predicted molar refractivity (Wildman–Crippen MR) is 102 cm³/mol. The zero-order valence-corrected chi connectivity index (χ0v) is 16.1. The minimum Gasteiger partial charge on any atom is -0.462 e. The molecule has 0 bridgehead atoms. The smallest absolute Gasteiger partial charge is 0.302 e. The van der Waals surface area contributed by atoms with E-state index in [0.29, 0.717) is 0 Å². The topological polar surface area (TPSA) is 67.6 Å². The van der Waals surface area contributed by atoms with E-state index in [1.54, 1.807) is 0 Å². The van der Waals surface area contributed by atoms with Gasteiger partial charge in [0.05, 0.1) is 0 Å². The molecular formula is C19H37N3O2. The Bertz CT molecular complexity index is 386. The number of nitrogens with two attached hydrogens (primary N) is 1. The van der Waals surface area contributed by atoms with Gasteiger partial charge in [0, 0.05) is 45.2 Å². The van der Waals surface area contributed by atoms with Gasteiger partial charge in [-0.15, -0.1) is 0 Å². The van der Waals surface area contributed by atoms with Crippen LogP contribution < -0.4 is 11.1 Å². The van der Waals surface area contributed by atoms with Crippen molar-refractivity contribution in [3.63, 3.8) is 0 Å². The van der Waals surface area contributed by atoms with Gasteiger partial charge >= 0.3 is 5.97 Å². The summed E-state index contributed by atoms with van der Waals surface area (Å²) in [5, 5.41) is 3.36. The first-order valence-electron chi connectivity index (χ1n) is 9.14. The van der Waals surface area contributed by atoms with E-state index < -0.39 is 0 Å². The fourth-order valence-corrected chi connectivity index (χ4v) is 2.70. The summed E-state index contributed by atoms with van der Waals surface area (Å²) in [4.78, 5) is 13.4. The van der Waals surface area contributed by atoms with Gasteiger partial charge in [0.2, 0.25) is 0 Å². The van der Waals surface area contributed by atoms with Crippen LogP contribution in [0.4, 0.5) is 0 Å². The Hall–Kier alpha value is -1.49. The normalized spacial score (nSPS) is 21.7. The fraction of sp³-hybridized carbons (Fsp3) is 0.737. The highest BCUT2D eigenvalue weighted by molar-refractivity contribution is 5.66. The molecule has 0 aromatic heterocycles. The molecule has 2 fully saturated rings. The van der Waals surface area contributed by atoms with Crippen LogP contribution in [0.1, 0.15) is 59.8 Å². The number of carbonyl (C=O) groups is 1. The molecule has 1 heterocycles. The van der Waals surface area contributed by atoms with Crippen molar-refractivity contribution in [1.29, 1.82) is 0 Å². The molecule has 1 atom stereocenters. The number of hydrogen-bond acceptors (Lipinski definition) is 5. The van der Waals surface area contributed by atoms with E-state index in [4.69, 9.17) is 4.74 Å². The van der Waals surface area contributed by atoms with Crippen molar-refractivity contribution < 1.29 is 9.53 Å². The molecule has 5 heteroatoms. The summed E-state index contributed by atoms with van der Waals surface area (Å²) in [7, 11) is 0. The van der Waals surface area contributed by atoms with E-state index >= 15 is 0 Å². The Labute approximate surface area is 148 Å². The number of nitrogens with one attached hydrogen (secondary N) is 1. The number of ether oxygens (including phenoxy) is 1. The highest BCUT2D eigenvalue weighted by Crippen LogP contribution is 2.30. The van der Waals surface area contributed by atoms with Gasteiger partial charge in [-0.3, -0.25) is 4.79 Å². The van der Waals surface area contributed by atoms with Gasteiger partial charge in [-0.25, -0.2) is 0 Å². The summed E-state index contributed by atoms with van der Waals surface area (Å²) in [5.41, 5.74) is 7.49. The number of nitrogens with zero attached hydrogens (tertiary/aromatic N) is 1. The first-order chi connectivity index (χ1) is 11.5. The van der Waals surface area contributed by atoms with Crippen molar-refractivity contribution in [3.8, 4) is 0 Å². The van der Waals surface area contributed by atoms with Crippen molar-refractivity contribution in [2.24, 2.45) is 5.73 Å². The molecule has 1 aliphatic heterocycles. The number of unbranched alkanes of at least 4 members (excludes halogenated alkanes) is 1. The quantitative estimate of drug-likeness (QED) is 0.773.